The highest BCUT2D eigenvalue weighted by molar-refractivity contribution is 7.99. The monoisotopic (exact) mass is 240 g/mol. The third kappa shape index (κ3) is 3.73. The fourth-order valence-electron chi connectivity index (χ4n) is 2.54. The second-order valence-corrected chi connectivity index (χ2v) is 6.75. The van der Waals surface area contributed by atoms with Gasteiger partial charge in [-0.15, -0.1) is 0 Å². The molecule has 92 valence electrons. The fraction of sp³-hybridized carbons (Fsp3) is 0.857. The number of hydrogen-bond donors (Lipinski definition) is 0. The maximum atomic E-state index is 5.72. The quantitative estimate of drug-likeness (QED) is 0.532. The Hall–Kier alpha value is -0.110. The van der Waals surface area contributed by atoms with Crippen LogP contribution in [0.1, 0.15) is 51.9 Å². The van der Waals surface area contributed by atoms with Gasteiger partial charge in [-0.3, -0.25) is 0 Å². The van der Waals surface area contributed by atoms with Crippen LogP contribution >= 0.6 is 11.8 Å². The first kappa shape index (κ1) is 12.3. The molecule has 0 radical (unpaired) electrons. The second kappa shape index (κ2) is 6.00. The maximum absolute atomic E-state index is 5.72. The summed E-state index contributed by atoms with van der Waals surface area (Å²) in [6.45, 7) is 3.35. The molecule has 1 nitrogen and oxygen atoms in total. The smallest absolute Gasteiger partial charge is 0.0878 e. The van der Waals surface area contributed by atoms with E-state index in [0.29, 0.717) is 5.41 Å². The molecule has 2 fully saturated rings. The molecule has 0 amide bonds. The molecule has 0 N–H and O–H groups in total. The fourth-order valence-corrected chi connectivity index (χ4v) is 4.02. The van der Waals surface area contributed by atoms with Crippen LogP contribution in [0.5, 0.6) is 0 Å². The van der Waals surface area contributed by atoms with Gasteiger partial charge in [-0.1, -0.05) is 6.92 Å². The van der Waals surface area contributed by atoms with E-state index < -0.39 is 0 Å². The van der Waals surface area contributed by atoms with Gasteiger partial charge in [0, 0.05) is 0 Å². The first-order valence-corrected chi connectivity index (χ1v) is 7.81. The zero-order valence-electron chi connectivity index (χ0n) is 10.5. The highest BCUT2D eigenvalue weighted by Gasteiger charge is 2.26. The predicted octanol–water partition coefficient (Wildman–Crippen LogP) is 4.38. The van der Waals surface area contributed by atoms with Crippen LogP contribution in [0.2, 0.25) is 0 Å². The number of hydrogen-bond acceptors (Lipinski definition) is 2. The van der Waals surface area contributed by atoms with Crippen molar-refractivity contribution in [3.05, 3.63) is 11.8 Å². The van der Waals surface area contributed by atoms with Crippen molar-refractivity contribution < 1.29 is 4.74 Å². The van der Waals surface area contributed by atoms with E-state index in [2.05, 4.69) is 18.7 Å². The van der Waals surface area contributed by atoms with Crippen molar-refractivity contribution in [2.24, 2.45) is 5.41 Å². The van der Waals surface area contributed by atoms with Gasteiger partial charge in [-0.05, 0) is 67.4 Å². The van der Waals surface area contributed by atoms with E-state index >= 15 is 0 Å². The molecule has 0 aromatic heterocycles. The summed E-state index contributed by atoms with van der Waals surface area (Å²) in [6.07, 6.45) is 11.3. The summed E-state index contributed by atoms with van der Waals surface area (Å²) < 4.78 is 5.72. The Balaban J connectivity index is 1.64. The largest absolute Gasteiger partial charge is 0.501 e. The van der Waals surface area contributed by atoms with E-state index in [1.165, 1.54) is 62.0 Å². The molecular weight excluding hydrogens is 216 g/mol. The van der Waals surface area contributed by atoms with Gasteiger partial charge in [0.25, 0.3) is 0 Å². The minimum Gasteiger partial charge on any atom is -0.501 e. The van der Waals surface area contributed by atoms with E-state index in [-0.39, 0.29) is 0 Å². The molecule has 16 heavy (non-hydrogen) atoms. The second-order valence-electron chi connectivity index (χ2n) is 5.53. The van der Waals surface area contributed by atoms with Crippen molar-refractivity contribution in [1.82, 2.24) is 0 Å². The van der Waals surface area contributed by atoms with Gasteiger partial charge in [-0.2, -0.15) is 11.8 Å². The SMILES string of the molecule is CC1(CCOC=C2CCCC2)CCSCC1. The lowest BCUT2D eigenvalue weighted by Gasteiger charge is -2.32. The Labute approximate surface area is 104 Å². The maximum Gasteiger partial charge on any atom is 0.0878 e. The summed E-state index contributed by atoms with van der Waals surface area (Å²) in [6, 6.07) is 0. The molecule has 2 rings (SSSR count). The lowest BCUT2D eigenvalue weighted by Crippen LogP contribution is -2.24. The molecule has 0 aromatic carbocycles. The Morgan fingerprint density at radius 2 is 1.94 bits per heavy atom. The highest BCUT2D eigenvalue weighted by Crippen LogP contribution is 2.37. The molecule has 2 heteroatoms. The number of allylic oxidation sites excluding steroid dienone is 1. The van der Waals surface area contributed by atoms with Crippen LogP contribution in [-0.2, 0) is 4.74 Å². The van der Waals surface area contributed by atoms with Crippen molar-refractivity contribution in [2.45, 2.75) is 51.9 Å². The predicted molar refractivity (Wildman–Crippen MR) is 71.8 cm³/mol. The van der Waals surface area contributed by atoms with Gasteiger partial charge < -0.3 is 4.74 Å². The summed E-state index contributed by atoms with van der Waals surface area (Å²) in [5, 5.41) is 0. The average Bonchev–Trinajstić information content (AvgIpc) is 2.78. The first-order chi connectivity index (χ1) is 7.79. The van der Waals surface area contributed by atoms with Crippen molar-refractivity contribution in [3.8, 4) is 0 Å². The van der Waals surface area contributed by atoms with Crippen LogP contribution in [-0.4, -0.2) is 18.1 Å². The third-order valence-electron chi connectivity index (χ3n) is 4.02. The summed E-state index contributed by atoms with van der Waals surface area (Å²) in [5.41, 5.74) is 2.09. The van der Waals surface area contributed by atoms with Gasteiger partial charge in [0.05, 0.1) is 12.9 Å². The molecule has 1 heterocycles. The molecule has 0 atom stereocenters. The Kier molecular flexibility index (Phi) is 4.63. The molecule has 1 aliphatic heterocycles. The summed E-state index contributed by atoms with van der Waals surface area (Å²) in [5.74, 6) is 2.69. The van der Waals surface area contributed by atoms with Crippen LogP contribution in [0.15, 0.2) is 11.8 Å². The van der Waals surface area contributed by atoms with Crippen LogP contribution in [0.4, 0.5) is 0 Å². The van der Waals surface area contributed by atoms with Gasteiger partial charge in [0.1, 0.15) is 0 Å². The molecule has 0 aromatic rings. The Morgan fingerprint density at radius 1 is 1.25 bits per heavy atom. The number of rotatable bonds is 4. The third-order valence-corrected chi connectivity index (χ3v) is 5.00. The van der Waals surface area contributed by atoms with Gasteiger partial charge in [0.2, 0.25) is 0 Å². The van der Waals surface area contributed by atoms with Crippen molar-refractivity contribution >= 4 is 11.8 Å². The van der Waals surface area contributed by atoms with Crippen LogP contribution in [0.3, 0.4) is 0 Å². The molecule has 0 spiro atoms. The number of ether oxygens (including phenoxy) is 1. The Bertz CT molecular complexity index is 233. The van der Waals surface area contributed by atoms with E-state index in [1.807, 2.05) is 6.26 Å². The van der Waals surface area contributed by atoms with Gasteiger partial charge in [-0.25, -0.2) is 0 Å². The van der Waals surface area contributed by atoms with Crippen LogP contribution in [0.25, 0.3) is 0 Å². The lowest BCUT2D eigenvalue weighted by atomic mass is 9.81. The molecule has 0 unspecified atom stereocenters. The average molecular weight is 240 g/mol. The molecule has 1 saturated heterocycles. The zero-order chi connectivity index (χ0) is 11.3. The minimum absolute atomic E-state index is 0.555. The van der Waals surface area contributed by atoms with E-state index in [0.717, 1.165) is 6.61 Å². The minimum atomic E-state index is 0.555. The van der Waals surface area contributed by atoms with Crippen molar-refractivity contribution in [1.29, 1.82) is 0 Å². The van der Waals surface area contributed by atoms with Gasteiger partial charge >= 0.3 is 0 Å². The molecule has 1 saturated carbocycles. The Morgan fingerprint density at radius 3 is 2.62 bits per heavy atom. The van der Waals surface area contributed by atoms with E-state index in [4.69, 9.17) is 4.74 Å². The molecule has 2 aliphatic rings. The lowest BCUT2D eigenvalue weighted by molar-refractivity contribution is 0.165. The standard InChI is InChI=1S/C14H24OS/c1-14(7-10-16-11-8-14)6-9-15-12-13-4-2-3-5-13/h12H,2-11H2,1H3. The first-order valence-electron chi connectivity index (χ1n) is 6.66. The van der Waals surface area contributed by atoms with E-state index in [9.17, 15) is 0 Å². The van der Waals surface area contributed by atoms with Crippen molar-refractivity contribution in [2.75, 3.05) is 18.1 Å². The van der Waals surface area contributed by atoms with E-state index in [1.54, 1.807) is 0 Å². The van der Waals surface area contributed by atoms with Crippen molar-refractivity contribution in [3.63, 3.8) is 0 Å². The highest BCUT2D eigenvalue weighted by atomic mass is 32.2. The zero-order valence-corrected chi connectivity index (χ0v) is 11.3. The molecule has 1 aliphatic carbocycles. The topological polar surface area (TPSA) is 9.23 Å². The van der Waals surface area contributed by atoms with Crippen LogP contribution in [0, 0.1) is 5.41 Å². The molecular formula is C14H24OS. The van der Waals surface area contributed by atoms with Gasteiger partial charge in [0.15, 0.2) is 0 Å². The normalized spacial score (nSPS) is 24.4. The summed E-state index contributed by atoms with van der Waals surface area (Å²) >= 11 is 2.10. The summed E-state index contributed by atoms with van der Waals surface area (Å²) in [7, 11) is 0. The van der Waals surface area contributed by atoms with Crippen LogP contribution < -0.4 is 0 Å². The molecule has 0 bridgehead atoms. The summed E-state index contributed by atoms with van der Waals surface area (Å²) in [4.78, 5) is 0. The number of thioether (sulfide) groups is 1.